The third-order valence-electron chi connectivity index (χ3n) is 5.41. The second kappa shape index (κ2) is 7.15. The zero-order valence-electron chi connectivity index (χ0n) is 17.0. The molecule has 0 radical (unpaired) electrons. The quantitative estimate of drug-likeness (QED) is 0.467. The SMILES string of the molecule is COc1ccccc1[C@@H]1Nc2c(sc3nc(C)cc(C)c23)C(=O)N1c1ccccc1. The van der Waals surface area contributed by atoms with Crippen LogP contribution in [0.2, 0.25) is 0 Å². The van der Waals surface area contributed by atoms with Crippen molar-refractivity contribution in [1.82, 2.24) is 4.98 Å². The summed E-state index contributed by atoms with van der Waals surface area (Å²) in [6, 6.07) is 19.6. The highest BCUT2D eigenvalue weighted by atomic mass is 32.1. The third kappa shape index (κ3) is 2.83. The number of amides is 1. The van der Waals surface area contributed by atoms with Gasteiger partial charge in [0.1, 0.15) is 21.6 Å². The molecule has 2 aromatic carbocycles. The molecule has 0 saturated heterocycles. The average Bonchev–Trinajstić information content (AvgIpc) is 3.13. The van der Waals surface area contributed by atoms with Crippen LogP contribution in [0.15, 0.2) is 60.7 Å². The number of benzene rings is 2. The van der Waals surface area contributed by atoms with Gasteiger partial charge in [-0.1, -0.05) is 36.4 Å². The minimum absolute atomic E-state index is 0.0362. The maximum absolute atomic E-state index is 13.8. The van der Waals surface area contributed by atoms with E-state index >= 15 is 0 Å². The first kappa shape index (κ1) is 18.6. The van der Waals surface area contributed by atoms with Gasteiger partial charge in [0.15, 0.2) is 0 Å². The average molecular weight is 416 g/mol. The summed E-state index contributed by atoms with van der Waals surface area (Å²) in [5.74, 6) is 0.698. The minimum Gasteiger partial charge on any atom is -0.496 e. The maximum Gasteiger partial charge on any atom is 0.272 e. The summed E-state index contributed by atoms with van der Waals surface area (Å²) in [6.45, 7) is 4.05. The van der Waals surface area contributed by atoms with Gasteiger partial charge in [0.25, 0.3) is 5.91 Å². The molecule has 0 saturated carbocycles. The fraction of sp³-hybridized carbons (Fsp3) is 0.167. The molecule has 3 heterocycles. The molecule has 150 valence electrons. The van der Waals surface area contributed by atoms with Crippen molar-refractivity contribution in [2.24, 2.45) is 0 Å². The Labute approximate surface area is 178 Å². The monoisotopic (exact) mass is 415 g/mol. The molecule has 1 amide bonds. The number of aryl methyl sites for hydroxylation is 2. The minimum atomic E-state index is -0.401. The molecule has 5 nitrogen and oxygen atoms in total. The highest BCUT2D eigenvalue weighted by molar-refractivity contribution is 7.21. The molecule has 0 spiro atoms. The van der Waals surface area contributed by atoms with Gasteiger partial charge < -0.3 is 10.1 Å². The van der Waals surface area contributed by atoms with E-state index in [1.54, 1.807) is 12.0 Å². The first-order valence-electron chi connectivity index (χ1n) is 9.77. The number of hydrogen-bond donors (Lipinski definition) is 1. The highest BCUT2D eigenvalue weighted by Crippen LogP contribution is 2.46. The number of aromatic nitrogens is 1. The number of pyridine rings is 1. The van der Waals surface area contributed by atoms with Crippen LogP contribution in [0.3, 0.4) is 0 Å². The van der Waals surface area contributed by atoms with Crippen molar-refractivity contribution in [2.45, 2.75) is 20.0 Å². The van der Waals surface area contributed by atoms with Crippen LogP contribution in [-0.4, -0.2) is 18.0 Å². The molecule has 2 aromatic heterocycles. The van der Waals surface area contributed by atoms with Gasteiger partial charge in [0.2, 0.25) is 0 Å². The van der Waals surface area contributed by atoms with Crippen LogP contribution >= 0.6 is 11.3 Å². The standard InChI is InChI=1S/C24H21N3O2S/c1-14-13-15(2)25-23-19(14)20-21(30-23)24(28)27(16-9-5-4-6-10-16)22(26-20)17-11-7-8-12-18(17)29-3/h4-13,22,26H,1-3H3/t22-/m1/s1. The first-order chi connectivity index (χ1) is 14.6. The van der Waals surface area contributed by atoms with Gasteiger partial charge in [-0.15, -0.1) is 11.3 Å². The molecule has 30 heavy (non-hydrogen) atoms. The topological polar surface area (TPSA) is 54.5 Å². The van der Waals surface area contributed by atoms with Gasteiger partial charge in [0, 0.05) is 22.3 Å². The van der Waals surface area contributed by atoms with Crippen LogP contribution in [0.25, 0.3) is 10.2 Å². The van der Waals surface area contributed by atoms with Crippen LogP contribution in [-0.2, 0) is 0 Å². The van der Waals surface area contributed by atoms with E-state index < -0.39 is 6.17 Å². The Morgan fingerprint density at radius 2 is 1.80 bits per heavy atom. The van der Waals surface area contributed by atoms with E-state index in [1.165, 1.54) is 11.3 Å². The Hall–Kier alpha value is -3.38. The van der Waals surface area contributed by atoms with E-state index in [0.717, 1.165) is 44.2 Å². The summed E-state index contributed by atoms with van der Waals surface area (Å²) in [7, 11) is 1.65. The molecule has 1 N–H and O–H groups in total. The summed E-state index contributed by atoms with van der Waals surface area (Å²) in [6.07, 6.45) is -0.401. The molecule has 1 aliphatic heterocycles. The Morgan fingerprint density at radius 1 is 1.07 bits per heavy atom. The van der Waals surface area contributed by atoms with Crippen LogP contribution < -0.4 is 15.0 Å². The molecule has 1 atom stereocenters. The molecule has 0 fully saturated rings. The lowest BCUT2D eigenvalue weighted by atomic mass is 10.0. The number of fused-ring (bicyclic) bond motifs is 3. The Bertz CT molecular complexity index is 1270. The Balaban J connectivity index is 1.76. The Kier molecular flexibility index (Phi) is 4.44. The van der Waals surface area contributed by atoms with Gasteiger partial charge in [-0.3, -0.25) is 9.69 Å². The lowest BCUT2D eigenvalue weighted by molar-refractivity contribution is 0.0979. The van der Waals surface area contributed by atoms with E-state index in [0.29, 0.717) is 4.88 Å². The number of hydrogen-bond acceptors (Lipinski definition) is 5. The van der Waals surface area contributed by atoms with Crippen molar-refractivity contribution in [1.29, 1.82) is 0 Å². The first-order valence-corrected chi connectivity index (χ1v) is 10.6. The van der Waals surface area contributed by atoms with Crippen LogP contribution in [0.5, 0.6) is 5.75 Å². The largest absolute Gasteiger partial charge is 0.496 e. The summed E-state index contributed by atoms with van der Waals surface area (Å²) in [5, 5.41) is 4.66. The molecule has 0 aliphatic carbocycles. The zero-order chi connectivity index (χ0) is 20.8. The van der Waals surface area contributed by atoms with E-state index in [1.807, 2.05) is 61.5 Å². The molecular formula is C24H21N3O2S. The number of thiophene rings is 1. The second-order valence-corrected chi connectivity index (χ2v) is 8.37. The molecular weight excluding hydrogens is 394 g/mol. The van der Waals surface area contributed by atoms with Gasteiger partial charge in [-0.25, -0.2) is 4.98 Å². The normalized spacial score (nSPS) is 15.8. The highest BCUT2D eigenvalue weighted by Gasteiger charge is 2.38. The van der Waals surface area contributed by atoms with Crippen molar-refractivity contribution in [2.75, 3.05) is 17.3 Å². The second-order valence-electron chi connectivity index (χ2n) is 7.37. The number of nitrogens with one attached hydrogen (secondary N) is 1. The molecule has 0 bridgehead atoms. The van der Waals surface area contributed by atoms with Gasteiger partial charge in [-0.05, 0) is 43.7 Å². The van der Waals surface area contributed by atoms with E-state index in [4.69, 9.17) is 4.74 Å². The number of carbonyl (C=O) groups is 1. The molecule has 5 rings (SSSR count). The number of para-hydroxylation sites is 2. The molecule has 4 aromatic rings. The van der Waals surface area contributed by atoms with Crippen molar-refractivity contribution in [3.63, 3.8) is 0 Å². The zero-order valence-corrected chi connectivity index (χ0v) is 17.8. The van der Waals surface area contributed by atoms with Gasteiger partial charge in [0.05, 0.1) is 12.8 Å². The van der Waals surface area contributed by atoms with Gasteiger partial charge in [-0.2, -0.15) is 0 Å². The summed E-state index contributed by atoms with van der Waals surface area (Å²) in [5.41, 5.74) is 4.65. The van der Waals surface area contributed by atoms with Crippen molar-refractivity contribution < 1.29 is 9.53 Å². The number of carbonyl (C=O) groups excluding carboxylic acids is 1. The molecule has 6 heteroatoms. The van der Waals surface area contributed by atoms with Crippen LogP contribution in [0.1, 0.15) is 32.7 Å². The number of nitrogens with zero attached hydrogens (tertiary/aromatic N) is 2. The maximum atomic E-state index is 13.8. The molecule has 1 aliphatic rings. The third-order valence-corrected chi connectivity index (χ3v) is 6.48. The van der Waals surface area contributed by atoms with Gasteiger partial charge >= 0.3 is 0 Å². The number of rotatable bonds is 3. The fourth-order valence-electron chi connectivity index (χ4n) is 4.12. The predicted molar refractivity (Wildman–Crippen MR) is 122 cm³/mol. The van der Waals surface area contributed by atoms with Crippen molar-refractivity contribution >= 4 is 38.8 Å². The number of anilines is 2. The Morgan fingerprint density at radius 3 is 2.57 bits per heavy atom. The van der Waals surface area contributed by atoms with Crippen LogP contribution in [0, 0.1) is 13.8 Å². The number of ether oxygens (including phenoxy) is 1. The lowest BCUT2D eigenvalue weighted by Gasteiger charge is -2.37. The van der Waals surface area contributed by atoms with Crippen molar-refractivity contribution in [3.8, 4) is 5.75 Å². The smallest absolute Gasteiger partial charge is 0.272 e. The lowest BCUT2D eigenvalue weighted by Crippen LogP contribution is -2.42. The van der Waals surface area contributed by atoms with Crippen molar-refractivity contribution in [3.05, 3.63) is 82.4 Å². The molecule has 0 unspecified atom stereocenters. The summed E-state index contributed by atoms with van der Waals surface area (Å²) < 4.78 is 5.63. The summed E-state index contributed by atoms with van der Waals surface area (Å²) >= 11 is 1.45. The predicted octanol–water partition coefficient (Wildman–Crippen LogP) is 5.69. The van der Waals surface area contributed by atoms with Crippen LogP contribution in [0.4, 0.5) is 11.4 Å². The summed E-state index contributed by atoms with van der Waals surface area (Å²) in [4.78, 5) is 21.8. The van der Waals surface area contributed by atoms with E-state index in [9.17, 15) is 4.79 Å². The van der Waals surface area contributed by atoms with E-state index in [2.05, 4.69) is 23.3 Å². The fourth-order valence-corrected chi connectivity index (χ4v) is 5.32. The number of methoxy groups -OCH3 is 1. The van der Waals surface area contributed by atoms with E-state index in [-0.39, 0.29) is 5.91 Å².